The third kappa shape index (κ3) is 5.99. The summed E-state index contributed by atoms with van der Waals surface area (Å²) in [6, 6.07) is 17.5. The van der Waals surface area contributed by atoms with Gasteiger partial charge in [0.2, 0.25) is 0 Å². The Morgan fingerprint density at radius 3 is 2.54 bits per heavy atom. The van der Waals surface area contributed by atoms with Gasteiger partial charge in [-0.3, -0.25) is 9.89 Å². The van der Waals surface area contributed by atoms with E-state index in [2.05, 4.69) is 69.9 Å². The maximum atomic E-state index is 5.36. The molecular formula is C23H32N4O. The van der Waals surface area contributed by atoms with Crippen LogP contribution in [-0.4, -0.2) is 44.1 Å². The van der Waals surface area contributed by atoms with Crippen LogP contribution < -0.4 is 15.4 Å². The minimum Gasteiger partial charge on any atom is -0.497 e. The molecule has 5 nitrogen and oxygen atoms in total. The molecular weight excluding hydrogens is 348 g/mol. The molecule has 2 aromatic carbocycles. The number of benzene rings is 2. The van der Waals surface area contributed by atoms with Crippen molar-refractivity contribution >= 4 is 5.96 Å². The first-order chi connectivity index (χ1) is 13.7. The first-order valence-electron chi connectivity index (χ1n) is 10.0. The van der Waals surface area contributed by atoms with E-state index in [0.717, 1.165) is 50.7 Å². The lowest BCUT2D eigenvalue weighted by Crippen LogP contribution is -2.48. The summed E-state index contributed by atoms with van der Waals surface area (Å²) < 4.78 is 5.36. The van der Waals surface area contributed by atoms with E-state index in [1.54, 1.807) is 7.11 Å². The van der Waals surface area contributed by atoms with Crippen molar-refractivity contribution in [3.8, 4) is 5.75 Å². The van der Waals surface area contributed by atoms with Crippen molar-refractivity contribution in [1.29, 1.82) is 0 Å². The van der Waals surface area contributed by atoms with Gasteiger partial charge in [0.1, 0.15) is 5.75 Å². The number of methoxy groups -OCH3 is 1. The van der Waals surface area contributed by atoms with Crippen molar-refractivity contribution in [1.82, 2.24) is 15.5 Å². The summed E-state index contributed by atoms with van der Waals surface area (Å²) in [6.07, 6.45) is 2.26. The maximum absolute atomic E-state index is 5.36. The lowest BCUT2D eigenvalue weighted by atomic mass is 10.0. The molecule has 0 unspecified atom stereocenters. The number of aryl methyl sites for hydroxylation is 1. The van der Waals surface area contributed by atoms with Gasteiger partial charge in [0.15, 0.2) is 5.96 Å². The van der Waals surface area contributed by atoms with Gasteiger partial charge >= 0.3 is 0 Å². The van der Waals surface area contributed by atoms with E-state index in [-0.39, 0.29) is 0 Å². The Morgan fingerprint density at radius 2 is 1.86 bits per heavy atom. The van der Waals surface area contributed by atoms with E-state index in [1.165, 1.54) is 16.7 Å². The third-order valence-electron chi connectivity index (χ3n) is 5.21. The summed E-state index contributed by atoms with van der Waals surface area (Å²) in [7, 11) is 3.54. The summed E-state index contributed by atoms with van der Waals surface area (Å²) in [6.45, 7) is 6.07. The van der Waals surface area contributed by atoms with E-state index in [4.69, 9.17) is 4.74 Å². The van der Waals surface area contributed by atoms with Gasteiger partial charge in [0.25, 0.3) is 0 Å². The van der Waals surface area contributed by atoms with Crippen molar-refractivity contribution in [2.45, 2.75) is 38.9 Å². The van der Waals surface area contributed by atoms with Gasteiger partial charge in [-0.1, -0.05) is 36.4 Å². The molecule has 0 spiro atoms. The Hall–Kier alpha value is -2.53. The molecule has 0 saturated carbocycles. The summed E-state index contributed by atoms with van der Waals surface area (Å²) in [5, 5.41) is 7.02. The van der Waals surface area contributed by atoms with Crippen molar-refractivity contribution in [2.24, 2.45) is 4.99 Å². The SMILES string of the molecule is CN=C(NCc1cc(C)cc(OC)c1)NC1CCN(Cc2ccccc2)CC1. The Labute approximate surface area is 168 Å². The Bertz CT molecular complexity index is 767. The number of rotatable bonds is 6. The van der Waals surface area contributed by atoms with Gasteiger partial charge in [0.05, 0.1) is 7.11 Å². The normalized spacial score (nSPS) is 16.0. The van der Waals surface area contributed by atoms with Gasteiger partial charge in [-0.25, -0.2) is 0 Å². The highest BCUT2D eigenvalue weighted by Gasteiger charge is 2.20. The third-order valence-corrected chi connectivity index (χ3v) is 5.21. The fourth-order valence-electron chi connectivity index (χ4n) is 3.70. The molecule has 1 heterocycles. The van der Waals surface area contributed by atoms with Gasteiger partial charge in [-0.05, 0) is 48.6 Å². The van der Waals surface area contributed by atoms with Crippen LogP contribution in [0.5, 0.6) is 5.75 Å². The second-order valence-electron chi connectivity index (χ2n) is 7.46. The zero-order valence-electron chi connectivity index (χ0n) is 17.2. The Kier molecular flexibility index (Phi) is 7.31. The monoisotopic (exact) mass is 380 g/mol. The fraction of sp³-hybridized carbons (Fsp3) is 0.435. The molecule has 1 fully saturated rings. The molecule has 2 N–H and O–H groups in total. The molecule has 0 radical (unpaired) electrons. The maximum Gasteiger partial charge on any atom is 0.191 e. The molecule has 0 aliphatic carbocycles. The van der Waals surface area contributed by atoms with E-state index in [9.17, 15) is 0 Å². The standard InChI is InChI=1S/C23H32N4O/c1-18-13-20(15-22(14-18)28-3)16-25-23(24-2)26-21-9-11-27(12-10-21)17-19-7-5-4-6-8-19/h4-8,13-15,21H,9-12,16-17H2,1-3H3,(H2,24,25,26). The average Bonchev–Trinajstić information content (AvgIpc) is 2.72. The van der Waals surface area contributed by atoms with Crippen molar-refractivity contribution in [3.63, 3.8) is 0 Å². The van der Waals surface area contributed by atoms with Gasteiger partial charge in [-0.2, -0.15) is 0 Å². The zero-order valence-corrected chi connectivity index (χ0v) is 17.2. The molecule has 0 atom stereocenters. The van der Waals surface area contributed by atoms with E-state index >= 15 is 0 Å². The highest BCUT2D eigenvalue weighted by molar-refractivity contribution is 5.80. The molecule has 5 heteroatoms. The fourth-order valence-corrected chi connectivity index (χ4v) is 3.70. The van der Waals surface area contributed by atoms with Crippen LogP contribution in [0.1, 0.15) is 29.5 Å². The minimum absolute atomic E-state index is 0.463. The first-order valence-corrected chi connectivity index (χ1v) is 10.0. The molecule has 0 bridgehead atoms. The summed E-state index contributed by atoms with van der Waals surface area (Å²) in [5.74, 6) is 1.76. The van der Waals surface area contributed by atoms with Crippen LogP contribution in [0.15, 0.2) is 53.5 Å². The van der Waals surface area contributed by atoms with Crippen LogP contribution in [0.25, 0.3) is 0 Å². The van der Waals surface area contributed by atoms with Crippen LogP contribution in [0.2, 0.25) is 0 Å². The number of likely N-dealkylation sites (tertiary alicyclic amines) is 1. The molecule has 1 aliphatic rings. The summed E-state index contributed by atoms with van der Waals surface area (Å²) >= 11 is 0. The van der Waals surface area contributed by atoms with Crippen LogP contribution in [0.4, 0.5) is 0 Å². The number of hydrogen-bond donors (Lipinski definition) is 2. The quantitative estimate of drug-likeness (QED) is 0.596. The van der Waals surface area contributed by atoms with Crippen molar-refractivity contribution < 1.29 is 4.74 Å². The molecule has 0 amide bonds. The predicted octanol–water partition coefficient (Wildman–Crippen LogP) is 3.33. The molecule has 0 aromatic heterocycles. The van der Waals surface area contributed by atoms with Crippen LogP contribution >= 0.6 is 0 Å². The van der Waals surface area contributed by atoms with Gasteiger partial charge in [0, 0.05) is 39.3 Å². The number of piperidine rings is 1. The Balaban J connectivity index is 1.45. The van der Waals surface area contributed by atoms with Gasteiger partial charge in [-0.15, -0.1) is 0 Å². The number of ether oxygens (including phenoxy) is 1. The second kappa shape index (κ2) is 10.1. The molecule has 3 rings (SSSR count). The Morgan fingerprint density at radius 1 is 1.11 bits per heavy atom. The minimum atomic E-state index is 0.463. The number of nitrogens with one attached hydrogen (secondary N) is 2. The second-order valence-corrected chi connectivity index (χ2v) is 7.46. The lowest BCUT2D eigenvalue weighted by Gasteiger charge is -2.33. The molecule has 150 valence electrons. The zero-order chi connectivity index (χ0) is 19.8. The first kappa shape index (κ1) is 20.2. The number of hydrogen-bond acceptors (Lipinski definition) is 3. The van der Waals surface area contributed by atoms with Crippen molar-refractivity contribution in [3.05, 3.63) is 65.2 Å². The van der Waals surface area contributed by atoms with E-state index < -0.39 is 0 Å². The molecule has 1 saturated heterocycles. The van der Waals surface area contributed by atoms with Crippen molar-refractivity contribution in [2.75, 3.05) is 27.2 Å². The van der Waals surface area contributed by atoms with Crippen LogP contribution in [0.3, 0.4) is 0 Å². The van der Waals surface area contributed by atoms with Crippen LogP contribution in [-0.2, 0) is 13.1 Å². The molecule has 2 aromatic rings. The number of guanidine groups is 1. The summed E-state index contributed by atoms with van der Waals surface area (Å²) in [5.41, 5.74) is 3.78. The number of nitrogens with zero attached hydrogens (tertiary/aromatic N) is 2. The van der Waals surface area contributed by atoms with E-state index in [0.29, 0.717) is 6.04 Å². The largest absolute Gasteiger partial charge is 0.497 e. The van der Waals surface area contributed by atoms with Gasteiger partial charge < -0.3 is 15.4 Å². The average molecular weight is 381 g/mol. The lowest BCUT2D eigenvalue weighted by molar-refractivity contribution is 0.198. The summed E-state index contributed by atoms with van der Waals surface area (Å²) in [4.78, 5) is 6.93. The highest BCUT2D eigenvalue weighted by atomic mass is 16.5. The topological polar surface area (TPSA) is 48.9 Å². The van der Waals surface area contributed by atoms with Crippen LogP contribution in [0, 0.1) is 6.92 Å². The molecule has 1 aliphatic heterocycles. The van der Waals surface area contributed by atoms with E-state index in [1.807, 2.05) is 13.1 Å². The molecule has 28 heavy (non-hydrogen) atoms. The number of aliphatic imine (C=N–C) groups is 1. The highest BCUT2D eigenvalue weighted by Crippen LogP contribution is 2.16. The smallest absolute Gasteiger partial charge is 0.191 e. The predicted molar refractivity (Wildman–Crippen MR) is 116 cm³/mol.